The van der Waals surface area contributed by atoms with Crippen LogP contribution in [0.2, 0.25) is 0 Å². The van der Waals surface area contributed by atoms with Gasteiger partial charge in [0.1, 0.15) is 6.54 Å². The molecule has 0 spiro atoms. The van der Waals surface area contributed by atoms with Crippen LogP contribution in [0.1, 0.15) is 6.92 Å². The van der Waals surface area contributed by atoms with Crippen LogP contribution in [0.15, 0.2) is 70.1 Å². The third kappa shape index (κ3) is 3.26. The molecule has 0 saturated heterocycles. The molecule has 1 heterocycles. The lowest BCUT2D eigenvalue weighted by molar-refractivity contribution is -0.119. The summed E-state index contributed by atoms with van der Waals surface area (Å²) in [6, 6.07) is 17.0. The average Bonchev–Trinajstić information content (AvgIpc) is 2.59. The van der Waals surface area contributed by atoms with E-state index in [-0.39, 0.29) is 18.0 Å². The van der Waals surface area contributed by atoms with E-state index in [4.69, 9.17) is 0 Å². The molecule has 3 aromatic rings. The monoisotopic (exact) mass is 384 g/mol. The van der Waals surface area contributed by atoms with Crippen LogP contribution in [0.25, 0.3) is 10.8 Å². The molecule has 0 N–H and O–H groups in total. The summed E-state index contributed by atoms with van der Waals surface area (Å²) in [7, 11) is 0. The minimum absolute atomic E-state index is 0.00926. The molecule has 0 atom stereocenters. The van der Waals surface area contributed by atoms with Crippen LogP contribution < -0.4 is 10.5 Å². The zero-order chi connectivity index (χ0) is 17.1. The Kier molecular flexibility index (Phi) is 4.81. The standard InChI is InChI=1S/C19H17BrN2O2/c1-2-22(17-9-5-7-14-6-3-4-8-16(14)17)19(24)13-21-12-15(20)10-11-18(21)23/h3-12H,2,13H2,1H3. The highest BCUT2D eigenvalue weighted by molar-refractivity contribution is 9.10. The lowest BCUT2D eigenvalue weighted by Gasteiger charge is -2.23. The zero-order valence-electron chi connectivity index (χ0n) is 13.3. The number of likely N-dealkylation sites (N-methyl/N-ethyl adjacent to an activating group) is 1. The van der Waals surface area contributed by atoms with E-state index < -0.39 is 0 Å². The first-order chi connectivity index (χ1) is 11.6. The SMILES string of the molecule is CCN(C(=O)Cn1cc(Br)ccc1=O)c1cccc2ccccc12. The second-order valence-electron chi connectivity index (χ2n) is 5.45. The second-order valence-corrected chi connectivity index (χ2v) is 6.37. The average molecular weight is 385 g/mol. The van der Waals surface area contributed by atoms with E-state index >= 15 is 0 Å². The number of rotatable bonds is 4. The van der Waals surface area contributed by atoms with Gasteiger partial charge in [0, 0.05) is 28.7 Å². The summed E-state index contributed by atoms with van der Waals surface area (Å²) in [5.41, 5.74) is 0.671. The lowest BCUT2D eigenvalue weighted by Crippen LogP contribution is -2.36. The smallest absolute Gasteiger partial charge is 0.251 e. The quantitative estimate of drug-likeness (QED) is 0.685. The van der Waals surface area contributed by atoms with Gasteiger partial charge in [-0.05, 0) is 40.4 Å². The molecule has 0 unspecified atom stereocenters. The summed E-state index contributed by atoms with van der Waals surface area (Å²) in [5.74, 6) is -0.117. The van der Waals surface area contributed by atoms with Gasteiger partial charge in [-0.3, -0.25) is 9.59 Å². The van der Waals surface area contributed by atoms with Gasteiger partial charge >= 0.3 is 0 Å². The molecular formula is C19H17BrN2O2. The number of hydrogen-bond donors (Lipinski definition) is 0. The maximum atomic E-state index is 12.8. The van der Waals surface area contributed by atoms with E-state index in [0.29, 0.717) is 6.54 Å². The number of carbonyl (C=O) groups excluding carboxylic acids is 1. The minimum Gasteiger partial charge on any atom is -0.311 e. The fourth-order valence-electron chi connectivity index (χ4n) is 2.78. The van der Waals surface area contributed by atoms with Crippen LogP contribution >= 0.6 is 15.9 Å². The third-order valence-electron chi connectivity index (χ3n) is 3.93. The lowest BCUT2D eigenvalue weighted by atomic mass is 10.1. The molecule has 0 bridgehead atoms. The van der Waals surface area contributed by atoms with Crippen molar-refractivity contribution in [1.82, 2.24) is 4.57 Å². The molecule has 0 radical (unpaired) electrons. The molecule has 24 heavy (non-hydrogen) atoms. The Bertz CT molecular complexity index is 944. The second kappa shape index (κ2) is 7.01. The Balaban J connectivity index is 1.97. The maximum absolute atomic E-state index is 12.8. The molecule has 2 aromatic carbocycles. The van der Waals surface area contributed by atoms with Crippen LogP contribution in [0.4, 0.5) is 5.69 Å². The summed E-state index contributed by atoms with van der Waals surface area (Å²) in [5, 5.41) is 2.11. The summed E-state index contributed by atoms with van der Waals surface area (Å²) >= 11 is 3.33. The molecule has 5 heteroatoms. The first kappa shape index (κ1) is 16.5. The van der Waals surface area contributed by atoms with Crippen molar-refractivity contribution in [2.75, 3.05) is 11.4 Å². The van der Waals surface area contributed by atoms with Crippen molar-refractivity contribution in [2.45, 2.75) is 13.5 Å². The van der Waals surface area contributed by atoms with Gasteiger partial charge in [-0.2, -0.15) is 0 Å². The largest absolute Gasteiger partial charge is 0.311 e. The Morgan fingerprint density at radius 3 is 2.62 bits per heavy atom. The van der Waals surface area contributed by atoms with Gasteiger partial charge in [0.05, 0.1) is 5.69 Å². The number of carbonyl (C=O) groups is 1. The fraction of sp³-hybridized carbons (Fsp3) is 0.158. The van der Waals surface area contributed by atoms with Crippen LogP contribution in [0.5, 0.6) is 0 Å². The number of halogens is 1. The van der Waals surface area contributed by atoms with Crippen LogP contribution in [0.3, 0.4) is 0 Å². The fourth-order valence-corrected chi connectivity index (χ4v) is 3.16. The molecule has 1 aromatic heterocycles. The van der Waals surface area contributed by atoms with Crippen molar-refractivity contribution in [3.05, 3.63) is 75.6 Å². The van der Waals surface area contributed by atoms with Crippen LogP contribution in [-0.4, -0.2) is 17.0 Å². The number of anilines is 1. The van der Waals surface area contributed by atoms with Crippen LogP contribution in [0, 0.1) is 0 Å². The molecule has 0 fully saturated rings. The maximum Gasteiger partial charge on any atom is 0.251 e. The normalized spacial score (nSPS) is 10.8. The predicted molar refractivity (Wildman–Crippen MR) is 100 cm³/mol. The van der Waals surface area contributed by atoms with Crippen molar-refractivity contribution < 1.29 is 4.79 Å². The highest BCUT2D eigenvalue weighted by atomic mass is 79.9. The van der Waals surface area contributed by atoms with Gasteiger partial charge in [0.2, 0.25) is 5.91 Å². The van der Waals surface area contributed by atoms with Crippen molar-refractivity contribution >= 4 is 38.3 Å². The Morgan fingerprint density at radius 1 is 1.08 bits per heavy atom. The van der Waals surface area contributed by atoms with Gasteiger partial charge < -0.3 is 9.47 Å². The molecule has 0 saturated carbocycles. The van der Waals surface area contributed by atoms with E-state index in [1.807, 2.05) is 49.4 Å². The summed E-state index contributed by atoms with van der Waals surface area (Å²) < 4.78 is 2.18. The van der Waals surface area contributed by atoms with Crippen molar-refractivity contribution in [2.24, 2.45) is 0 Å². The third-order valence-corrected chi connectivity index (χ3v) is 4.40. The number of aromatic nitrogens is 1. The minimum atomic E-state index is -0.194. The van der Waals surface area contributed by atoms with Gasteiger partial charge in [-0.25, -0.2) is 0 Å². The highest BCUT2D eigenvalue weighted by Gasteiger charge is 2.17. The van der Waals surface area contributed by atoms with Crippen molar-refractivity contribution in [3.63, 3.8) is 0 Å². The summed E-state index contributed by atoms with van der Waals surface area (Å²) in [6.07, 6.45) is 1.64. The molecule has 0 aliphatic rings. The molecule has 1 amide bonds. The molecule has 0 aliphatic heterocycles. The molecular weight excluding hydrogens is 368 g/mol. The first-order valence-corrected chi connectivity index (χ1v) is 8.53. The Hall–Kier alpha value is -2.40. The number of nitrogens with zero attached hydrogens (tertiary/aromatic N) is 2. The Morgan fingerprint density at radius 2 is 1.83 bits per heavy atom. The van der Waals surface area contributed by atoms with E-state index in [1.165, 1.54) is 10.6 Å². The summed E-state index contributed by atoms with van der Waals surface area (Å²) in [4.78, 5) is 26.5. The molecule has 122 valence electrons. The predicted octanol–water partition coefficient (Wildman–Crippen LogP) is 3.82. The van der Waals surface area contributed by atoms with E-state index in [9.17, 15) is 9.59 Å². The van der Waals surface area contributed by atoms with Gasteiger partial charge in [-0.15, -0.1) is 0 Å². The van der Waals surface area contributed by atoms with Crippen molar-refractivity contribution in [1.29, 1.82) is 0 Å². The molecule has 0 aliphatic carbocycles. The molecule has 4 nitrogen and oxygen atoms in total. The topological polar surface area (TPSA) is 42.3 Å². The van der Waals surface area contributed by atoms with E-state index in [1.54, 1.807) is 17.2 Å². The number of hydrogen-bond acceptors (Lipinski definition) is 2. The Labute approximate surface area is 148 Å². The van der Waals surface area contributed by atoms with Gasteiger partial charge in [0.25, 0.3) is 5.56 Å². The van der Waals surface area contributed by atoms with Gasteiger partial charge in [0.15, 0.2) is 0 Å². The number of benzene rings is 2. The van der Waals surface area contributed by atoms with Gasteiger partial charge in [-0.1, -0.05) is 36.4 Å². The van der Waals surface area contributed by atoms with E-state index in [2.05, 4.69) is 15.9 Å². The van der Waals surface area contributed by atoms with Crippen LogP contribution in [-0.2, 0) is 11.3 Å². The highest BCUT2D eigenvalue weighted by Crippen LogP contribution is 2.26. The molecule has 3 rings (SSSR count). The zero-order valence-corrected chi connectivity index (χ0v) is 14.9. The number of amides is 1. The number of pyridine rings is 1. The van der Waals surface area contributed by atoms with E-state index in [0.717, 1.165) is 20.9 Å². The first-order valence-electron chi connectivity index (χ1n) is 7.74. The van der Waals surface area contributed by atoms with Crippen molar-refractivity contribution in [3.8, 4) is 0 Å². The number of fused-ring (bicyclic) bond motifs is 1. The summed E-state index contributed by atoms with van der Waals surface area (Å²) in [6.45, 7) is 2.48.